The maximum Gasteiger partial charge on any atom is 0.242 e. The van der Waals surface area contributed by atoms with Gasteiger partial charge in [-0.15, -0.1) is 0 Å². The van der Waals surface area contributed by atoms with Crippen molar-refractivity contribution in [3.05, 3.63) is 71.5 Å². The van der Waals surface area contributed by atoms with Gasteiger partial charge >= 0.3 is 0 Å². The maximum absolute atomic E-state index is 14.2. The topological polar surface area (TPSA) is 58.2 Å². The largest absolute Gasteiger partial charge is 0.347 e. The molecule has 0 saturated carbocycles. The number of carbonyl (C=O) groups excluding carboxylic acids is 2. The van der Waals surface area contributed by atoms with Crippen molar-refractivity contribution in [2.75, 3.05) is 0 Å². The number of hydrogen-bond acceptors (Lipinski definition) is 2. The van der Waals surface area contributed by atoms with Crippen molar-refractivity contribution in [2.45, 2.75) is 32.4 Å². The van der Waals surface area contributed by atoms with E-state index < -0.39 is 12.1 Å². The third kappa shape index (κ3) is 4.91. The van der Waals surface area contributed by atoms with Gasteiger partial charge in [0.1, 0.15) is 11.9 Å². The van der Waals surface area contributed by atoms with E-state index in [1.165, 1.54) is 13.0 Å². The molecule has 4 nitrogen and oxygen atoms in total. The molecule has 0 fully saturated rings. The van der Waals surface area contributed by atoms with Crippen molar-refractivity contribution < 1.29 is 14.0 Å². The van der Waals surface area contributed by atoms with E-state index in [0.29, 0.717) is 12.0 Å². The molecule has 2 aromatic rings. The average Bonchev–Trinajstić information content (AvgIpc) is 2.55. The van der Waals surface area contributed by atoms with Crippen LogP contribution in [0.3, 0.4) is 0 Å². The minimum absolute atomic E-state index is 0.289. The highest BCUT2D eigenvalue weighted by molar-refractivity contribution is 5.86. The number of halogens is 1. The lowest BCUT2D eigenvalue weighted by molar-refractivity contribution is -0.128. The van der Waals surface area contributed by atoms with Gasteiger partial charge in [-0.25, -0.2) is 4.39 Å². The van der Waals surface area contributed by atoms with Crippen LogP contribution in [0.5, 0.6) is 0 Å². The summed E-state index contributed by atoms with van der Waals surface area (Å²) in [6, 6.07) is 14.7. The number of carbonyl (C=O) groups is 2. The van der Waals surface area contributed by atoms with Crippen molar-refractivity contribution in [1.82, 2.24) is 10.6 Å². The summed E-state index contributed by atoms with van der Waals surface area (Å²) >= 11 is 0. The van der Waals surface area contributed by atoms with Crippen LogP contribution >= 0.6 is 0 Å². The van der Waals surface area contributed by atoms with Gasteiger partial charge in [0.2, 0.25) is 11.8 Å². The number of rotatable bonds is 6. The van der Waals surface area contributed by atoms with Gasteiger partial charge < -0.3 is 10.6 Å². The van der Waals surface area contributed by atoms with Crippen molar-refractivity contribution >= 4 is 11.8 Å². The molecule has 0 bridgehead atoms. The minimum Gasteiger partial charge on any atom is -0.347 e. The van der Waals surface area contributed by atoms with Crippen LogP contribution in [0.25, 0.3) is 0 Å². The van der Waals surface area contributed by atoms with Crippen LogP contribution in [0.15, 0.2) is 54.6 Å². The molecule has 0 heterocycles. The van der Waals surface area contributed by atoms with Crippen LogP contribution in [0.4, 0.5) is 4.39 Å². The van der Waals surface area contributed by atoms with E-state index in [-0.39, 0.29) is 17.6 Å². The van der Waals surface area contributed by atoms with Crippen LogP contribution in [0.2, 0.25) is 0 Å². The lowest BCUT2D eigenvalue weighted by Gasteiger charge is -2.22. The van der Waals surface area contributed by atoms with Crippen molar-refractivity contribution in [3.8, 4) is 0 Å². The van der Waals surface area contributed by atoms with Crippen LogP contribution < -0.4 is 10.6 Å². The summed E-state index contributed by atoms with van der Waals surface area (Å²) in [7, 11) is 0. The molecule has 0 aliphatic carbocycles. The molecule has 0 saturated heterocycles. The van der Waals surface area contributed by atoms with E-state index >= 15 is 0 Å². The zero-order valence-electron chi connectivity index (χ0n) is 13.8. The first kappa shape index (κ1) is 17.7. The molecule has 2 N–H and O–H groups in total. The average molecular weight is 328 g/mol. The van der Waals surface area contributed by atoms with Gasteiger partial charge in [0, 0.05) is 12.5 Å². The first-order valence-electron chi connectivity index (χ1n) is 7.83. The number of benzene rings is 2. The second-order valence-electron chi connectivity index (χ2n) is 5.69. The van der Waals surface area contributed by atoms with Crippen molar-refractivity contribution in [1.29, 1.82) is 0 Å². The lowest BCUT2D eigenvalue weighted by atomic mass is 9.98. The van der Waals surface area contributed by atoms with E-state index in [9.17, 15) is 14.0 Å². The summed E-state index contributed by atoms with van der Waals surface area (Å²) in [5.74, 6) is -1.01. The Bertz CT molecular complexity index is 704. The molecule has 0 aromatic heterocycles. The highest BCUT2D eigenvalue weighted by Crippen LogP contribution is 2.21. The van der Waals surface area contributed by atoms with E-state index in [0.717, 1.165) is 5.56 Å². The van der Waals surface area contributed by atoms with Gasteiger partial charge in [-0.05, 0) is 25.0 Å². The standard InChI is InChI=1S/C19H21FN2O2/c1-13(21-14(2)23)19(24)22-18(12-15-8-4-3-5-9-15)16-10-6-7-11-17(16)20/h3-11,13,18H,12H2,1-2H3,(H,21,23)(H,22,24)/t13-,18+/m1/s1. The Balaban J connectivity index is 2.21. The summed E-state index contributed by atoms with van der Waals surface area (Å²) in [6.45, 7) is 2.94. The summed E-state index contributed by atoms with van der Waals surface area (Å²) < 4.78 is 14.2. The Morgan fingerprint density at radius 2 is 1.62 bits per heavy atom. The molecule has 2 atom stereocenters. The Hall–Kier alpha value is -2.69. The highest BCUT2D eigenvalue weighted by Gasteiger charge is 2.22. The van der Waals surface area contributed by atoms with Gasteiger partial charge in [-0.1, -0.05) is 48.5 Å². The predicted molar refractivity (Wildman–Crippen MR) is 90.7 cm³/mol. The zero-order valence-corrected chi connectivity index (χ0v) is 13.8. The third-order valence-corrected chi connectivity index (χ3v) is 3.69. The van der Waals surface area contributed by atoms with E-state index in [2.05, 4.69) is 10.6 Å². The quantitative estimate of drug-likeness (QED) is 0.857. The Labute approximate surface area is 141 Å². The molecule has 0 unspecified atom stereocenters. The summed E-state index contributed by atoms with van der Waals surface area (Å²) in [5.41, 5.74) is 1.41. The van der Waals surface area contributed by atoms with Crippen molar-refractivity contribution in [2.24, 2.45) is 0 Å². The van der Waals surface area contributed by atoms with Crippen LogP contribution in [0, 0.1) is 5.82 Å². The minimum atomic E-state index is -0.687. The Kier molecular flexibility index (Phi) is 6.07. The predicted octanol–water partition coefficient (Wildman–Crippen LogP) is 2.75. The fraction of sp³-hybridized carbons (Fsp3) is 0.263. The monoisotopic (exact) mass is 328 g/mol. The fourth-order valence-corrected chi connectivity index (χ4v) is 2.51. The molecule has 0 spiro atoms. The Morgan fingerprint density at radius 3 is 2.25 bits per heavy atom. The van der Waals surface area contributed by atoms with E-state index in [1.807, 2.05) is 30.3 Å². The smallest absolute Gasteiger partial charge is 0.242 e. The van der Waals surface area contributed by atoms with Gasteiger partial charge in [0.05, 0.1) is 6.04 Å². The van der Waals surface area contributed by atoms with Crippen LogP contribution in [0.1, 0.15) is 31.0 Å². The SMILES string of the molecule is CC(=O)N[C@H](C)C(=O)N[C@@H](Cc1ccccc1)c1ccccc1F. The molecule has 0 radical (unpaired) electrons. The summed E-state index contributed by atoms with van der Waals surface area (Å²) in [5, 5.41) is 5.37. The van der Waals surface area contributed by atoms with Crippen LogP contribution in [-0.4, -0.2) is 17.9 Å². The molecule has 2 rings (SSSR count). The summed E-state index contributed by atoms with van der Waals surface area (Å²) in [6.07, 6.45) is 0.459. The normalized spacial score (nSPS) is 13.0. The second kappa shape index (κ2) is 8.24. The molecule has 5 heteroatoms. The molecule has 2 aromatic carbocycles. The highest BCUT2D eigenvalue weighted by atomic mass is 19.1. The van der Waals surface area contributed by atoms with Gasteiger partial charge in [0.15, 0.2) is 0 Å². The molecular weight excluding hydrogens is 307 g/mol. The van der Waals surface area contributed by atoms with E-state index in [1.54, 1.807) is 25.1 Å². The van der Waals surface area contributed by atoms with Gasteiger partial charge in [0.25, 0.3) is 0 Å². The number of amides is 2. The fourth-order valence-electron chi connectivity index (χ4n) is 2.51. The van der Waals surface area contributed by atoms with Crippen molar-refractivity contribution in [3.63, 3.8) is 0 Å². The summed E-state index contributed by atoms with van der Waals surface area (Å²) in [4.78, 5) is 23.4. The van der Waals surface area contributed by atoms with Gasteiger partial charge in [-0.3, -0.25) is 9.59 Å². The van der Waals surface area contributed by atoms with Gasteiger partial charge in [-0.2, -0.15) is 0 Å². The van der Waals surface area contributed by atoms with E-state index in [4.69, 9.17) is 0 Å². The zero-order chi connectivity index (χ0) is 17.5. The molecule has 0 aliphatic heterocycles. The van der Waals surface area contributed by atoms with Crippen LogP contribution in [-0.2, 0) is 16.0 Å². The third-order valence-electron chi connectivity index (χ3n) is 3.69. The molecule has 2 amide bonds. The molecule has 24 heavy (non-hydrogen) atoms. The first-order chi connectivity index (χ1) is 11.5. The molecule has 126 valence electrons. The maximum atomic E-state index is 14.2. The lowest BCUT2D eigenvalue weighted by Crippen LogP contribution is -2.45. The number of nitrogens with one attached hydrogen (secondary N) is 2. The second-order valence-corrected chi connectivity index (χ2v) is 5.69. The first-order valence-corrected chi connectivity index (χ1v) is 7.83. The molecular formula is C19H21FN2O2. The number of hydrogen-bond donors (Lipinski definition) is 2. The Morgan fingerprint density at radius 1 is 1.00 bits per heavy atom. The molecule has 0 aliphatic rings.